The van der Waals surface area contributed by atoms with Crippen molar-refractivity contribution in [3.8, 4) is 0 Å². The number of nitrogens with two attached hydrogens (primary N) is 1. The minimum Gasteiger partial charge on any atom is -0.352 e. The van der Waals surface area contributed by atoms with Crippen LogP contribution < -0.4 is 16.0 Å². The summed E-state index contributed by atoms with van der Waals surface area (Å²) in [5.74, 6) is -2.93. The van der Waals surface area contributed by atoms with Crippen molar-refractivity contribution in [3.05, 3.63) is 58.4 Å². The summed E-state index contributed by atoms with van der Waals surface area (Å²) in [4.78, 5) is 26.6. The molecule has 0 spiro atoms. The normalized spacial score (nSPS) is 16.7. The third kappa shape index (κ3) is 7.16. The van der Waals surface area contributed by atoms with Gasteiger partial charge in [0.25, 0.3) is 5.91 Å². The van der Waals surface area contributed by atoms with Gasteiger partial charge in [-0.05, 0) is 36.2 Å². The van der Waals surface area contributed by atoms with E-state index >= 15 is 0 Å². The molecule has 7 nitrogen and oxygen atoms in total. The number of amides is 2. The largest absolute Gasteiger partial charge is 0.352 e. The van der Waals surface area contributed by atoms with Gasteiger partial charge in [0.1, 0.15) is 5.82 Å². The summed E-state index contributed by atoms with van der Waals surface area (Å²) in [5, 5.41) is 3.18. The van der Waals surface area contributed by atoms with Crippen molar-refractivity contribution in [2.24, 2.45) is 5.73 Å². The van der Waals surface area contributed by atoms with Crippen molar-refractivity contribution >= 4 is 51.3 Å². The lowest BCUT2D eigenvalue weighted by atomic mass is 10.1. The van der Waals surface area contributed by atoms with Crippen molar-refractivity contribution in [2.75, 3.05) is 17.2 Å². The van der Waals surface area contributed by atoms with Gasteiger partial charge >= 0.3 is 0 Å². The standard InChI is InChI=1S/C24H29ClFN3O4S.ClH/c1-2-3-4-5-6-11-28-23(30)18-12-21-22(13-19(18)26)34(32,33)15-20(27)24(31)29(21)14-16-7-9-17(25)10-8-16;/h7-10,12-13,20H,2-6,11,14-15,27H2,1H3,(H,28,30);1H/t20-;/m0./s1. The summed E-state index contributed by atoms with van der Waals surface area (Å²) in [6.45, 7) is 2.46. The number of nitrogens with one attached hydrogen (secondary N) is 1. The fourth-order valence-electron chi connectivity index (χ4n) is 3.86. The van der Waals surface area contributed by atoms with Gasteiger partial charge in [-0.1, -0.05) is 56.3 Å². The van der Waals surface area contributed by atoms with Gasteiger partial charge in [-0.2, -0.15) is 0 Å². The Kier molecular flexibility index (Phi) is 10.5. The highest BCUT2D eigenvalue weighted by atomic mass is 35.5. The van der Waals surface area contributed by atoms with Crippen LogP contribution in [0.25, 0.3) is 0 Å². The van der Waals surface area contributed by atoms with Crippen LogP contribution in [0, 0.1) is 5.82 Å². The summed E-state index contributed by atoms with van der Waals surface area (Å²) in [5.41, 5.74) is 6.16. The third-order valence-corrected chi connectivity index (χ3v) is 7.77. The molecule has 0 saturated heterocycles. The number of unbranched alkanes of at least 4 members (excludes halogenated alkanes) is 4. The van der Waals surface area contributed by atoms with E-state index in [1.54, 1.807) is 24.3 Å². The molecule has 192 valence electrons. The molecule has 35 heavy (non-hydrogen) atoms. The van der Waals surface area contributed by atoms with Gasteiger partial charge in [0.05, 0.1) is 34.5 Å². The van der Waals surface area contributed by atoms with Crippen LogP contribution >= 0.6 is 24.0 Å². The molecule has 3 rings (SSSR count). The Morgan fingerprint density at radius 3 is 2.49 bits per heavy atom. The van der Waals surface area contributed by atoms with Crippen LogP contribution in [0.15, 0.2) is 41.3 Å². The van der Waals surface area contributed by atoms with Crippen LogP contribution in [-0.4, -0.2) is 38.6 Å². The molecular weight excluding hydrogens is 516 g/mol. The summed E-state index contributed by atoms with van der Waals surface area (Å²) in [6, 6.07) is 7.27. The molecule has 1 heterocycles. The Labute approximate surface area is 216 Å². The second kappa shape index (κ2) is 12.7. The molecule has 3 N–H and O–H groups in total. The van der Waals surface area contributed by atoms with Gasteiger partial charge in [-0.3, -0.25) is 9.59 Å². The maximum absolute atomic E-state index is 14.9. The van der Waals surface area contributed by atoms with Crippen LogP contribution in [-0.2, 0) is 21.2 Å². The summed E-state index contributed by atoms with van der Waals surface area (Å²) >= 11 is 5.93. The molecule has 2 amide bonds. The summed E-state index contributed by atoms with van der Waals surface area (Å²) in [7, 11) is -4.07. The topological polar surface area (TPSA) is 110 Å². The van der Waals surface area contributed by atoms with Crippen molar-refractivity contribution in [1.29, 1.82) is 0 Å². The van der Waals surface area contributed by atoms with E-state index in [-0.39, 0.29) is 35.1 Å². The molecule has 2 aromatic carbocycles. The molecule has 1 aliphatic heterocycles. The van der Waals surface area contributed by atoms with Crippen LogP contribution in [0.5, 0.6) is 0 Å². The second-order valence-electron chi connectivity index (χ2n) is 8.41. The zero-order chi connectivity index (χ0) is 24.9. The minimum atomic E-state index is -4.07. The van der Waals surface area contributed by atoms with Gasteiger partial charge in [0, 0.05) is 11.6 Å². The van der Waals surface area contributed by atoms with Crippen LogP contribution in [0.1, 0.15) is 54.9 Å². The molecule has 1 atom stereocenters. The van der Waals surface area contributed by atoms with Gasteiger partial charge in [0.2, 0.25) is 5.91 Å². The van der Waals surface area contributed by atoms with Crippen molar-refractivity contribution in [2.45, 2.75) is 56.5 Å². The molecule has 0 aromatic heterocycles. The SMILES string of the molecule is CCCCCCCNC(=O)c1cc2c(cc1F)S(=O)(=O)C[C@H](N)C(=O)N2Cc1ccc(Cl)cc1.Cl. The van der Waals surface area contributed by atoms with Gasteiger partial charge in [0.15, 0.2) is 9.84 Å². The number of fused-ring (bicyclic) bond motifs is 1. The van der Waals surface area contributed by atoms with Crippen molar-refractivity contribution < 1.29 is 22.4 Å². The molecule has 0 fully saturated rings. The number of carbonyl (C=O) groups is 2. The monoisotopic (exact) mass is 545 g/mol. The molecule has 0 radical (unpaired) electrons. The maximum atomic E-state index is 14.9. The lowest BCUT2D eigenvalue weighted by Crippen LogP contribution is -2.45. The number of hydrogen-bond donors (Lipinski definition) is 2. The first-order valence-electron chi connectivity index (χ1n) is 11.3. The third-order valence-electron chi connectivity index (χ3n) is 5.72. The molecule has 1 aliphatic rings. The first kappa shape index (κ1) is 29.0. The summed E-state index contributed by atoms with van der Waals surface area (Å²) in [6.07, 6.45) is 4.97. The number of hydrogen-bond acceptors (Lipinski definition) is 5. The zero-order valence-electron chi connectivity index (χ0n) is 19.4. The number of sulfone groups is 1. The predicted molar refractivity (Wildman–Crippen MR) is 137 cm³/mol. The van der Waals surface area contributed by atoms with Crippen LogP contribution in [0.3, 0.4) is 0 Å². The van der Waals surface area contributed by atoms with E-state index in [9.17, 15) is 22.4 Å². The van der Waals surface area contributed by atoms with E-state index in [1.807, 2.05) is 0 Å². The number of carbonyl (C=O) groups excluding carboxylic acids is 2. The van der Waals surface area contributed by atoms with E-state index in [0.717, 1.165) is 44.2 Å². The van der Waals surface area contributed by atoms with Crippen molar-refractivity contribution in [3.63, 3.8) is 0 Å². The molecule has 11 heteroatoms. The summed E-state index contributed by atoms with van der Waals surface area (Å²) < 4.78 is 40.7. The lowest BCUT2D eigenvalue weighted by molar-refractivity contribution is -0.119. The Hall–Kier alpha value is -2.20. The van der Waals surface area contributed by atoms with E-state index in [2.05, 4.69) is 12.2 Å². The highest BCUT2D eigenvalue weighted by Gasteiger charge is 2.37. The molecule has 0 unspecified atom stereocenters. The quantitative estimate of drug-likeness (QED) is 0.457. The van der Waals surface area contributed by atoms with Crippen LogP contribution in [0.2, 0.25) is 5.02 Å². The first-order chi connectivity index (χ1) is 16.1. The van der Waals surface area contributed by atoms with Gasteiger partial charge < -0.3 is 16.0 Å². The highest BCUT2D eigenvalue weighted by Crippen LogP contribution is 2.34. The van der Waals surface area contributed by atoms with E-state index in [0.29, 0.717) is 17.1 Å². The first-order valence-corrected chi connectivity index (χ1v) is 13.3. The minimum absolute atomic E-state index is 0. The number of rotatable bonds is 9. The molecule has 0 saturated carbocycles. The molecular formula is C24H30Cl2FN3O4S. The van der Waals surface area contributed by atoms with E-state index in [1.165, 1.54) is 4.90 Å². The van der Waals surface area contributed by atoms with Gasteiger partial charge in [-0.15, -0.1) is 12.4 Å². The number of benzene rings is 2. The average Bonchev–Trinajstić information content (AvgIpc) is 2.85. The fraction of sp³-hybridized carbons (Fsp3) is 0.417. The second-order valence-corrected chi connectivity index (χ2v) is 10.8. The number of halogens is 3. The van der Waals surface area contributed by atoms with Gasteiger partial charge in [-0.25, -0.2) is 12.8 Å². The molecule has 0 bridgehead atoms. The Morgan fingerprint density at radius 1 is 1.17 bits per heavy atom. The average molecular weight is 546 g/mol. The lowest BCUT2D eigenvalue weighted by Gasteiger charge is -2.25. The highest BCUT2D eigenvalue weighted by molar-refractivity contribution is 7.91. The van der Waals surface area contributed by atoms with E-state index < -0.39 is 39.3 Å². The van der Waals surface area contributed by atoms with E-state index in [4.69, 9.17) is 17.3 Å². The van der Waals surface area contributed by atoms with Crippen LogP contribution in [0.4, 0.5) is 10.1 Å². The molecule has 2 aromatic rings. The smallest absolute Gasteiger partial charge is 0.254 e. The Morgan fingerprint density at radius 2 is 1.83 bits per heavy atom. The maximum Gasteiger partial charge on any atom is 0.254 e. The van der Waals surface area contributed by atoms with Crippen molar-refractivity contribution in [1.82, 2.24) is 5.32 Å². The molecule has 0 aliphatic carbocycles. The Bertz CT molecular complexity index is 1160. The zero-order valence-corrected chi connectivity index (χ0v) is 21.8. The predicted octanol–water partition coefficient (Wildman–Crippen LogP) is 4.25. The Balaban J connectivity index is 0.00000432. The number of anilines is 1. The number of nitrogens with zero attached hydrogens (tertiary/aromatic N) is 1. The fourth-order valence-corrected chi connectivity index (χ4v) is 5.55.